The summed E-state index contributed by atoms with van der Waals surface area (Å²) in [6.07, 6.45) is 12.8. The highest BCUT2D eigenvalue weighted by Gasteiger charge is 2.19. The number of pyridine rings is 1. The number of H-pyrrole nitrogens is 2. The number of aromatic amines is 2. The number of nitrogens with one attached hydrogen (secondary N) is 3. The Hall–Kier alpha value is -4.36. The number of aromatic nitrogens is 5. The van der Waals surface area contributed by atoms with Gasteiger partial charge in [-0.25, -0.2) is 9.37 Å². The first-order valence-corrected chi connectivity index (χ1v) is 13.9. The molecule has 0 aliphatic heterocycles. The fraction of sp³-hybridized carbons (Fsp3) is 0.242. The van der Waals surface area contributed by atoms with E-state index in [1.54, 1.807) is 12.1 Å². The van der Waals surface area contributed by atoms with Crippen molar-refractivity contribution >= 4 is 16.5 Å². The Morgan fingerprint density at radius 3 is 2.80 bits per heavy atom. The summed E-state index contributed by atoms with van der Waals surface area (Å²) in [5, 5.41) is 12.3. The Bertz CT molecular complexity index is 1690. The monoisotopic (exact) mass is 532 g/mol. The van der Waals surface area contributed by atoms with E-state index in [0.29, 0.717) is 5.82 Å². The van der Waals surface area contributed by atoms with Gasteiger partial charge >= 0.3 is 0 Å². The molecular weight excluding hydrogens is 499 g/mol. The van der Waals surface area contributed by atoms with Gasteiger partial charge in [-0.15, -0.1) is 0 Å². The minimum absolute atomic E-state index is 0.296. The van der Waals surface area contributed by atoms with Gasteiger partial charge in [0.2, 0.25) is 0 Å². The smallest absolute Gasteiger partial charge is 0.159 e. The van der Waals surface area contributed by atoms with E-state index in [4.69, 9.17) is 4.98 Å². The third-order valence-corrected chi connectivity index (χ3v) is 7.71. The van der Waals surface area contributed by atoms with Crippen LogP contribution in [0.1, 0.15) is 48.2 Å². The average Bonchev–Trinajstić information content (AvgIpc) is 3.72. The van der Waals surface area contributed by atoms with Crippen LogP contribution >= 0.6 is 0 Å². The van der Waals surface area contributed by atoms with E-state index >= 15 is 0 Å². The molecule has 7 heteroatoms. The van der Waals surface area contributed by atoms with Crippen LogP contribution in [0.25, 0.3) is 39.1 Å². The number of benzene rings is 2. The standard InChI is InChI=1S/C33H33FN6/c1-3-7-28(25-10-6-11-27(34)15-25)31-21(2)37-33(38-31)32-29-16-24(12-13-30(29)39-40-32)26-14-23(19-36-20-26)18-35-17-22-8-4-5-9-22/h3,6-7,10-16,19-20,22,35H,1,4-5,8-9,17-18H2,2H3,(H,37,38)(H,39,40)/b28-7-. The predicted octanol–water partition coefficient (Wildman–Crippen LogP) is 7.36. The normalized spacial score (nSPS) is 14.3. The molecule has 0 atom stereocenters. The van der Waals surface area contributed by atoms with E-state index in [0.717, 1.165) is 69.3 Å². The second-order valence-electron chi connectivity index (χ2n) is 10.6. The highest BCUT2D eigenvalue weighted by molar-refractivity contribution is 5.94. The summed E-state index contributed by atoms with van der Waals surface area (Å²) in [7, 11) is 0. The van der Waals surface area contributed by atoms with Gasteiger partial charge in [0.05, 0.1) is 11.2 Å². The summed E-state index contributed by atoms with van der Waals surface area (Å²) in [6, 6.07) is 15.0. The van der Waals surface area contributed by atoms with E-state index < -0.39 is 0 Å². The number of halogens is 1. The highest BCUT2D eigenvalue weighted by Crippen LogP contribution is 2.32. The maximum absolute atomic E-state index is 14.0. The summed E-state index contributed by atoms with van der Waals surface area (Å²) < 4.78 is 14.0. The summed E-state index contributed by atoms with van der Waals surface area (Å²) in [4.78, 5) is 12.8. The second kappa shape index (κ2) is 11.4. The molecule has 202 valence electrons. The number of fused-ring (bicyclic) bond motifs is 1. The molecule has 1 fully saturated rings. The summed E-state index contributed by atoms with van der Waals surface area (Å²) in [5.41, 5.74) is 8.07. The fourth-order valence-corrected chi connectivity index (χ4v) is 5.67. The van der Waals surface area contributed by atoms with E-state index in [-0.39, 0.29) is 5.82 Å². The molecule has 0 radical (unpaired) electrons. The molecular formula is C33H33FN6. The van der Waals surface area contributed by atoms with Crippen LogP contribution in [0.4, 0.5) is 4.39 Å². The zero-order valence-electron chi connectivity index (χ0n) is 22.7. The minimum atomic E-state index is -0.296. The van der Waals surface area contributed by atoms with Crippen molar-refractivity contribution in [1.29, 1.82) is 0 Å². The first kappa shape index (κ1) is 25.9. The molecule has 0 spiro atoms. The zero-order chi connectivity index (χ0) is 27.5. The van der Waals surface area contributed by atoms with Gasteiger partial charge < -0.3 is 10.3 Å². The van der Waals surface area contributed by atoms with Crippen LogP contribution in [0.15, 0.2) is 79.7 Å². The Morgan fingerprint density at radius 2 is 1.98 bits per heavy atom. The molecule has 0 bridgehead atoms. The lowest BCUT2D eigenvalue weighted by Crippen LogP contribution is -2.20. The third kappa shape index (κ3) is 5.38. The maximum Gasteiger partial charge on any atom is 0.159 e. The van der Waals surface area contributed by atoms with Crippen LogP contribution in [0, 0.1) is 18.7 Å². The highest BCUT2D eigenvalue weighted by atomic mass is 19.1. The molecule has 6 nitrogen and oxygen atoms in total. The first-order valence-electron chi connectivity index (χ1n) is 13.9. The maximum atomic E-state index is 14.0. The van der Waals surface area contributed by atoms with E-state index in [9.17, 15) is 4.39 Å². The predicted molar refractivity (Wildman–Crippen MR) is 159 cm³/mol. The van der Waals surface area contributed by atoms with Gasteiger partial charge in [0, 0.05) is 41.2 Å². The van der Waals surface area contributed by atoms with Crippen LogP contribution in [-0.4, -0.2) is 31.7 Å². The largest absolute Gasteiger partial charge is 0.340 e. The van der Waals surface area contributed by atoms with Crippen molar-refractivity contribution in [2.75, 3.05) is 6.54 Å². The Balaban J connectivity index is 1.29. The number of nitrogens with zero attached hydrogens (tertiary/aromatic N) is 3. The summed E-state index contributed by atoms with van der Waals surface area (Å²) in [6.45, 7) is 7.69. The van der Waals surface area contributed by atoms with E-state index in [1.807, 2.05) is 37.5 Å². The summed E-state index contributed by atoms with van der Waals surface area (Å²) >= 11 is 0. The number of imidazole rings is 1. The van der Waals surface area contributed by atoms with Crippen LogP contribution in [0.2, 0.25) is 0 Å². The van der Waals surface area contributed by atoms with Crippen molar-refractivity contribution in [3.63, 3.8) is 0 Å². The molecule has 6 rings (SSSR count). The van der Waals surface area contributed by atoms with Crippen molar-refractivity contribution in [3.8, 4) is 22.6 Å². The molecule has 0 saturated heterocycles. The summed E-state index contributed by atoms with van der Waals surface area (Å²) in [5.74, 6) is 1.15. The van der Waals surface area contributed by atoms with E-state index in [2.05, 4.69) is 50.3 Å². The molecule has 40 heavy (non-hydrogen) atoms. The Kier molecular flexibility index (Phi) is 7.38. The second-order valence-corrected chi connectivity index (χ2v) is 10.6. The van der Waals surface area contributed by atoms with Crippen LogP contribution in [-0.2, 0) is 6.54 Å². The molecule has 0 unspecified atom stereocenters. The number of aryl methyl sites for hydroxylation is 1. The lowest BCUT2D eigenvalue weighted by Gasteiger charge is -2.11. The zero-order valence-corrected chi connectivity index (χ0v) is 22.7. The van der Waals surface area contributed by atoms with E-state index in [1.165, 1.54) is 43.4 Å². The Morgan fingerprint density at radius 1 is 1.10 bits per heavy atom. The van der Waals surface area contributed by atoms with Crippen molar-refractivity contribution < 1.29 is 4.39 Å². The molecule has 3 aromatic heterocycles. The van der Waals surface area contributed by atoms with Gasteiger partial charge in [-0.05, 0) is 79.3 Å². The SMILES string of the molecule is C=C/C=C(/c1cccc(F)c1)c1nc(-c2n[nH]c3ccc(-c4cncc(CNCC5CCCC5)c4)cc23)[nH]c1C. The van der Waals surface area contributed by atoms with Crippen LogP contribution in [0.5, 0.6) is 0 Å². The average molecular weight is 533 g/mol. The quantitative estimate of drug-likeness (QED) is 0.173. The number of hydrogen-bond acceptors (Lipinski definition) is 4. The molecule has 5 aromatic rings. The number of allylic oxidation sites excluding steroid dienone is 2. The van der Waals surface area contributed by atoms with Crippen LogP contribution in [0.3, 0.4) is 0 Å². The van der Waals surface area contributed by atoms with Crippen molar-refractivity contribution in [3.05, 3.63) is 108 Å². The molecule has 1 saturated carbocycles. The lowest BCUT2D eigenvalue weighted by molar-refractivity contribution is 0.489. The lowest BCUT2D eigenvalue weighted by atomic mass is 10.0. The fourth-order valence-electron chi connectivity index (χ4n) is 5.67. The van der Waals surface area contributed by atoms with Gasteiger partial charge in [0.1, 0.15) is 11.5 Å². The number of rotatable bonds is 9. The topological polar surface area (TPSA) is 82.3 Å². The van der Waals surface area contributed by atoms with Gasteiger partial charge in [0.25, 0.3) is 0 Å². The molecule has 3 heterocycles. The molecule has 2 aromatic carbocycles. The molecule has 0 amide bonds. The third-order valence-electron chi connectivity index (χ3n) is 7.71. The minimum Gasteiger partial charge on any atom is -0.340 e. The van der Waals surface area contributed by atoms with Gasteiger partial charge in [-0.3, -0.25) is 10.1 Å². The van der Waals surface area contributed by atoms with Crippen molar-refractivity contribution in [2.24, 2.45) is 5.92 Å². The van der Waals surface area contributed by atoms with Gasteiger partial charge in [0.15, 0.2) is 5.82 Å². The van der Waals surface area contributed by atoms with Crippen LogP contribution < -0.4 is 5.32 Å². The molecule has 1 aliphatic rings. The first-order chi connectivity index (χ1) is 19.6. The Labute approximate surface area is 233 Å². The van der Waals surface area contributed by atoms with Gasteiger partial charge in [-0.2, -0.15) is 5.10 Å². The number of hydrogen-bond donors (Lipinski definition) is 3. The molecule has 3 N–H and O–H groups in total. The van der Waals surface area contributed by atoms with Crippen molar-refractivity contribution in [2.45, 2.75) is 39.2 Å². The molecule has 1 aliphatic carbocycles. The van der Waals surface area contributed by atoms with Gasteiger partial charge in [-0.1, -0.05) is 49.8 Å². The van der Waals surface area contributed by atoms with Crippen molar-refractivity contribution in [1.82, 2.24) is 30.5 Å².